The molecule has 0 unspecified atom stereocenters. The number of para-hydroxylation sites is 1. The van der Waals surface area contributed by atoms with Crippen LogP contribution in [0.15, 0.2) is 33.7 Å². The Kier molecular flexibility index (Phi) is 2.78. The Morgan fingerprint density at radius 3 is 2.88 bits per heavy atom. The first-order valence-electron chi connectivity index (χ1n) is 4.53. The van der Waals surface area contributed by atoms with Crippen molar-refractivity contribution in [3.63, 3.8) is 0 Å². The monoisotopic (exact) mass is 281 g/mol. The third-order valence-electron chi connectivity index (χ3n) is 2.27. The van der Waals surface area contributed by atoms with Gasteiger partial charge < -0.3 is 9.72 Å². The smallest absolute Gasteiger partial charge is 0.343 e. The summed E-state index contributed by atoms with van der Waals surface area (Å²) >= 11 is 3.32. The second-order valence-corrected chi connectivity index (χ2v) is 4.04. The van der Waals surface area contributed by atoms with Gasteiger partial charge in [-0.1, -0.05) is 6.07 Å². The van der Waals surface area contributed by atoms with Crippen LogP contribution in [0.5, 0.6) is 0 Å². The molecule has 0 radical (unpaired) electrons. The summed E-state index contributed by atoms with van der Waals surface area (Å²) in [5.74, 6) is -0.636. The minimum Gasteiger partial charge on any atom is -0.465 e. The van der Waals surface area contributed by atoms with Crippen molar-refractivity contribution in [3.8, 4) is 0 Å². The van der Waals surface area contributed by atoms with Crippen molar-refractivity contribution < 1.29 is 9.53 Å². The van der Waals surface area contributed by atoms with Gasteiger partial charge in [0.05, 0.1) is 12.6 Å². The lowest BCUT2D eigenvalue weighted by Gasteiger charge is -2.02. The number of aromatic amines is 1. The van der Waals surface area contributed by atoms with Gasteiger partial charge in [0.25, 0.3) is 0 Å². The number of aromatic nitrogens is 1. The average molecular weight is 282 g/mol. The number of ether oxygens (including phenoxy) is 1. The minimum atomic E-state index is -0.636. The lowest BCUT2D eigenvalue weighted by molar-refractivity contribution is 0.0599. The molecule has 1 aromatic heterocycles. The van der Waals surface area contributed by atoms with E-state index in [0.29, 0.717) is 10.9 Å². The highest BCUT2D eigenvalue weighted by Crippen LogP contribution is 2.19. The number of hydrogen-bond acceptors (Lipinski definition) is 3. The normalized spacial score (nSPS) is 10.4. The molecule has 4 nitrogen and oxygen atoms in total. The Bertz CT molecular complexity index is 618. The highest BCUT2D eigenvalue weighted by molar-refractivity contribution is 9.10. The number of nitrogens with one attached hydrogen (secondary N) is 1. The molecule has 0 atom stereocenters. The first-order valence-corrected chi connectivity index (χ1v) is 5.32. The van der Waals surface area contributed by atoms with Crippen molar-refractivity contribution in [2.24, 2.45) is 0 Å². The largest absolute Gasteiger partial charge is 0.465 e. The van der Waals surface area contributed by atoms with E-state index >= 15 is 0 Å². The summed E-state index contributed by atoms with van der Waals surface area (Å²) in [4.78, 5) is 26.1. The molecular formula is C11H8BrNO3. The zero-order valence-corrected chi connectivity index (χ0v) is 10.00. The van der Waals surface area contributed by atoms with Gasteiger partial charge in [0, 0.05) is 16.1 Å². The number of methoxy groups -OCH3 is 1. The van der Waals surface area contributed by atoms with Crippen LogP contribution in [0.4, 0.5) is 0 Å². The zero-order chi connectivity index (χ0) is 11.7. The molecule has 1 aromatic carbocycles. The van der Waals surface area contributed by atoms with Crippen LogP contribution in [0.25, 0.3) is 10.9 Å². The van der Waals surface area contributed by atoms with Crippen LogP contribution in [-0.4, -0.2) is 18.1 Å². The van der Waals surface area contributed by atoms with Gasteiger partial charge in [0.2, 0.25) is 5.43 Å². The summed E-state index contributed by atoms with van der Waals surface area (Å²) in [6, 6.07) is 5.21. The molecule has 0 saturated carbocycles. The Labute approximate surface area is 99.4 Å². The molecule has 0 saturated heterocycles. The van der Waals surface area contributed by atoms with Gasteiger partial charge in [0.1, 0.15) is 5.56 Å². The van der Waals surface area contributed by atoms with Crippen molar-refractivity contribution in [1.82, 2.24) is 4.98 Å². The molecule has 0 bridgehead atoms. The topological polar surface area (TPSA) is 59.2 Å². The number of fused-ring (bicyclic) bond motifs is 1. The molecule has 82 valence electrons. The van der Waals surface area contributed by atoms with Crippen LogP contribution in [0, 0.1) is 0 Å². The van der Waals surface area contributed by atoms with Crippen molar-refractivity contribution >= 4 is 32.8 Å². The number of halogens is 1. The van der Waals surface area contributed by atoms with E-state index in [1.54, 1.807) is 12.1 Å². The van der Waals surface area contributed by atoms with Crippen molar-refractivity contribution in [2.45, 2.75) is 0 Å². The summed E-state index contributed by atoms with van der Waals surface area (Å²) in [6.45, 7) is 0. The second-order valence-electron chi connectivity index (χ2n) is 3.19. The fourth-order valence-corrected chi connectivity index (χ4v) is 1.96. The van der Waals surface area contributed by atoms with Crippen LogP contribution < -0.4 is 5.43 Å². The van der Waals surface area contributed by atoms with E-state index in [1.165, 1.54) is 13.3 Å². The first-order chi connectivity index (χ1) is 7.65. The maximum atomic E-state index is 11.9. The van der Waals surface area contributed by atoms with E-state index in [9.17, 15) is 9.59 Å². The van der Waals surface area contributed by atoms with E-state index in [0.717, 1.165) is 4.47 Å². The fraction of sp³-hybridized carbons (Fsp3) is 0.0909. The van der Waals surface area contributed by atoms with Gasteiger partial charge in [-0.2, -0.15) is 0 Å². The first kappa shape index (κ1) is 10.9. The summed E-state index contributed by atoms with van der Waals surface area (Å²) in [5, 5.41) is 0.456. The zero-order valence-electron chi connectivity index (χ0n) is 8.41. The lowest BCUT2D eigenvalue weighted by atomic mass is 10.1. The summed E-state index contributed by atoms with van der Waals surface area (Å²) < 4.78 is 5.30. The number of hydrogen-bond donors (Lipinski definition) is 1. The van der Waals surface area contributed by atoms with Gasteiger partial charge in [0.15, 0.2) is 0 Å². The highest BCUT2D eigenvalue weighted by atomic mass is 79.9. The molecule has 16 heavy (non-hydrogen) atoms. The van der Waals surface area contributed by atoms with Gasteiger partial charge in [-0.15, -0.1) is 0 Å². The van der Waals surface area contributed by atoms with E-state index in [4.69, 9.17) is 0 Å². The molecule has 1 N–H and O–H groups in total. The van der Waals surface area contributed by atoms with Gasteiger partial charge >= 0.3 is 5.97 Å². The number of benzene rings is 1. The van der Waals surface area contributed by atoms with E-state index in [2.05, 4.69) is 25.7 Å². The Morgan fingerprint density at radius 1 is 1.44 bits per heavy atom. The fourth-order valence-electron chi connectivity index (χ4n) is 1.48. The number of pyridine rings is 1. The van der Waals surface area contributed by atoms with Crippen molar-refractivity contribution in [1.29, 1.82) is 0 Å². The Morgan fingerprint density at radius 2 is 2.19 bits per heavy atom. The number of rotatable bonds is 1. The maximum absolute atomic E-state index is 11.9. The molecule has 0 aliphatic heterocycles. The van der Waals surface area contributed by atoms with E-state index in [1.807, 2.05) is 6.07 Å². The molecular weight excluding hydrogens is 274 g/mol. The summed E-state index contributed by atoms with van der Waals surface area (Å²) in [7, 11) is 1.24. The number of H-pyrrole nitrogens is 1. The molecule has 0 aliphatic rings. The Hall–Kier alpha value is -1.62. The molecule has 5 heteroatoms. The molecule has 0 amide bonds. The summed E-state index contributed by atoms with van der Waals surface area (Å²) in [6.07, 6.45) is 1.36. The average Bonchev–Trinajstić information content (AvgIpc) is 2.30. The number of esters is 1. The molecule has 0 aliphatic carbocycles. The van der Waals surface area contributed by atoms with Crippen molar-refractivity contribution in [3.05, 3.63) is 44.7 Å². The number of carbonyl (C=O) groups excluding carboxylic acids is 1. The second kappa shape index (κ2) is 4.09. The predicted molar refractivity (Wildman–Crippen MR) is 63.6 cm³/mol. The molecule has 2 rings (SSSR count). The molecule has 0 fully saturated rings. The molecule has 0 spiro atoms. The van der Waals surface area contributed by atoms with Gasteiger partial charge in [-0.3, -0.25) is 4.79 Å². The molecule has 1 heterocycles. The third-order valence-corrected chi connectivity index (χ3v) is 2.93. The van der Waals surface area contributed by atoms with Crippen LogP contribution in [-0.2, 0) is 4.74 Å². The SMILES string of the molecule is COC(=O)c1c[nH]c2c(Br)cccc2c1=O. The van der Waals surface area contributed by atoms with Crippen molar-refractivity contribution in [2.75, 3.05) is 7.11 Å². The third kappa shape index (κ3) is 1.63. The standard InChI is InChI=1S/C11H8BrNO3/c1-16-11(15)7-5-13-9-6(10(7)14)3-2-4-8(9)12/h2-5H,1H3,(H,13,14). The van der Waals surface area contributed by atoms with Gasteiger partial charge in [-0.05, 0) is 28.1 Å². The van der Waals surface area contributed by atoms with E-state index in [-0.39, 0.29) is 11.0 Å². The van der Waals surface area contributed by atoms with Crippen LogP contribution in [0.3, 0.4) is 0 Å². The minimum absolute atomic E-state index is 0.00750. The lowest BCUT2D eigenvalue weighted by Crippen LogP contribution is -2.16. The van der Waals surface area contributed by atoms with Crippen LogP contribution >= 0.6 is 15.9 Å². The Balaban J connectivity index is 2.81. The quantitative estimate of drug-likeness (QED) is 0.815. The maximum Gasteiger partial charge on any atom is 0.343 e. The predicted octanol–water partition coefficient (Wildman–Crippen LogP) is 2.08. The van der Waals surface area contributed by atoms with Crippen LogP contribution in [0.2, 0.25) is 0 Å². The van der Waals surface area contributed by atoms with E-state index < -0.39 is 5.97 Å². The van der Waals surface area contributed by atoms with Gasteiger partial charge in [-0.25, -0.2) is 4.79 Å². The number of carbonyl (C=O) groups is 1. The summed E-state index contributed by atoms with van der Waals surface area (Å²) in [5.41, 5.74) is 0.343. The van der Waals surface area contributed by atoms with Crippen LogP contribution in [0.1, 0.15) is 10.4 Å². The molecule has 2 aromatic rings. The highest BCUT2D eigenvalue weighted by Gasteiger charge is 2.13.